The number of likely N-dealkylation sites (tertiary alicyclic amines) is 1. The van der Waals surface area contributed by atoms with E-state index in [-0.39, 0.29) is 24.8 Å². The standard InChI is InChI=1S/C14H25NO5/c1-5-18-12(16)10-19-11-7-6-8-15(9-11)13(17)20-14(2,3)4/h11H,5-10H2,1-4H3/t11-/m1/s1. The van der Waals surface area contributed by atoms with Crippen molar-refractivity contribution in [2.45, 2.75) is 52.2 Å². The number of hydrogen-bond donors (Lipinski definition) is 0. The van der Waals surface area contributed by atoms with Crippen LogP contribution in [0.3, 0.4) is 0 Å². The average Bonchev–Trinajstić information content (AvgIpc) is 2.35. The van der Waals surface area contributed by atoms with E-state index in [2.05, 4.69) is 0 Å². The molecule has 0 aromatic heterocycles. The molecule has 1 amide bonds. The van der Waals surface area contributed by atoms with E-state index in [9.17, 15) is 9.59 Å². The van der Waals surface area contributed by atoms with Crippen molar-refractivity contribution in [2.75, 3.05) is 26.3 Å². The van der Waals surface area contributed by atoms with Gasteiger partial charge in [0.2, 0.25) is 0 Å². The first kappa shape index (κ1) is 16.8. The lowest BCUT2D eigenvalue weighted by molar-refractivity contribution is -0.151. The third kappa shape index (κ3) is 6.23. The summed E-state index contributed by atoms with van der Waals surface area (Å²) in [5.74, 6) is -0.373. The molecule has 1 rings (SSSR count). The molecule has 0 bridgehead atoms. The summed E-state index contributed by atoms with van der Waals surface area (Å²) in [7, 11) is 0. The van der Waals surface area contributed by atoms with Crippen LogP contribution in [0.2, 0.25) is 0 Å². The van der Waals surface area contributed by atoms with Crippen molar-refractivity contribution in [3.63, 3.8) is 0 Å². The lowest BCUT2D eigenvalue weighted by Crippen LogP contribution is -2.45. The molecule has 1 aliphatic heterocycles. The maximum Gasteiger partial charge on any atom is 0.410 e. The second kappa shape index (κ2) is 7.47. The van der Waals surface area contributed by atoms with Crippen LogP contribution < -0.4 is 0 Å². The van der Waals surface area contributed by atoms with Crippen molar-refractivity contribution >= 4 is 12.1 Å². The van der Waals surface area contributed by atoms with Crippen molar-refractivity contribution in [3.05, 3.63) is 0 Å². The quantitative estimate of drug-likeness (QED) is 0.740. The first-order valence-electron chi connectivity index (χ1n) is 7.07. The molecule has 1 aliphatic rings. The van der Waals surface area contributed by atoms with E-state index in [4.69, 9.17) is 14.2 Å². The number of nitrogens with zero attached hydrogens (tertiary/aromatic N) is 1. The minimum absolute atomic E-state index is 0.0688. The van der Waals surface area contributed by atoms with Gasteiger partial charge in [-0.05, 0) is 40.5 Å². The second-order valence-electron chi connectivity index (χ2n) is 5.81. The predicted molar refractivity (Wildman–Crippen MR) is 73.4 cm³/mol. The Bertz CT molecular complexity index is 337. The summed E-state index contributed by atoms with van der Waals surface area (Å²) >= 11 is 0. The Balaban J connectivity index is 2.38. The zero-order valence-electron chi connectivity index (χ0n) is 12.8. The molecule has 0 unspecified atom stereocenters. The maximum atomic E-state index is 12.0. The lowest BCUT2D eigenvalue weighted by Gasteiger charge is -2.33. The average molecular weight is 287 g/mol. The van der Waals surface area contributed by atoms with E-state index >= 15 is 0 Å². The summed E-state index contributed by atoms with van der Waals surface area (Å²) in [5, 5.41) is 0. The maximum absolute atomic E-state index is 12.0. The van der Waals surface area contributed by atoms with Gasteiger partial charge >= 0.3 is 12.1 Å². The number of hydrogen-bond acceptors (Lipinski definition) is 5. The minimum atomic E-state index is -0.504. The molecule has 1 atom stereocenters. The van der Waals surface area contributed by atoms with Gasteiger partial charge in [0, 0.05) is 6.54 Å². The van der Waals surface area contributed by atoms with Crippen LogP contribution in [0.1, 0.15) is 40.5 Å². The van der Waals surface area contributed by atoms with Gasteiger partial charge in [-0.15, -0.1) is 0 Å². The van der Waals surface area contributed by atoms with Crippen LogP contribution >= 0.6 is 0 Å². The predicted octanol–water partition coefficient (Wildman–Crippen LogP) is 1.97. The van der Waals surface area contributed by atoms with Crippen LogP contribution in [-0.4, -0.2) is 55.0 Å². The molecular formula is C14H25NO5. The van der Waals surface area contributed by atoms with Gasteiger partial charge in [-0.25, -0.2) is 9.59 Å². The molecule has 0 saturated carbocycles. The summed E-state index contributed by atoms with van der Waals surface area (Å²) in [5.41, 5.74) is -0.504. The van der Waals surface area contributed by atoms with E-state index in [1.807, 2.05) is 20.8 Å². The number of esters is 1. The van der Waals surface area contributed by atoms with E-state index in [1.54, 1.807) is 11.8 Å². The smallest absolute Gasteiger partial charge is 0.410 e. The number of piperidine rings is 1. The summed E-state index contributed by atoms with van der Waals surface area (Å²) in [6, 6.07) is 0. The minimum Gasteiger partial charge on any atom is -0.464 e. The Kier molecular flexibility index (Phi) is 6.26. The van der Waals surface area contributed by atoms with Gasteiger partial charge in [0.15, 0.2) is 0 Å². The Morgan fingerprint density at radius 2 is 2.00 bits per heavy atom. The summed E-state index contributed by atoms with van der Waals surface area (Å²) in [6.45, 7) is 8.65. The molecule has 1 saturated heterocycles. The normalized spacial score (nSPS) is 19.6. The first-order valence-corrected chi connectivity index (χ1v) is 7.07. The van der Waals surface area contributed by atoms with E-state index in [0.717, 1.165) is 12.8 Å². The second-order valence-corrected chi connectivity index (χ2v) is 5.81. The van der Waals surface area contributed by atoms with Crippen LogP contribution in [0.25, 0.3) is 0 Å². The molecule has 0 aromatic rings. The van der Waals surface area contributed by atoms with Crippen LogP contribution in [0.15, 0.2) is 0 Å². The van der Waals surface area contributed by atoms with Gasteiger partial charge in [0.05, 0.1) is 19.3 Å². The van der Waals surface area contributed by atoms with Gasteiger partial charge < -0.3 is 19.1 Å². The first-order chi connectivity index (χ1) is 9.31. The molecule has 1 fully saturated rings. The number of carbonyl (C=O) groups is 2. The lowest BCUT2D eigenvalue weighted by atomic mass is 10.1. The van der Waals surface area contributed by atoms with Gasteiger partial charge in [-0.2, -0.15) is 0 Å². The fourth-order valence-corrected chi connectivity index (χ4v) is 1.96. The molecule has 20 heavy (non-hydrogen) atoms. The fraction of sp³-hybridized carbons (Fsp3) is 0.857. The highest BCUT2D eigenvalue weighted by Gasteiger charge is 2.28. The number of rotatable bonds is 4. The molecule has 0 radical (unpaired) electrons. The highest BCUT2D eigenvalue weighted by molar-refractivity contribution is 5.70. The largest absolute Gasteiger partial charge is 0.464 e. The Morgan fingerprint density at radius 1 is 1.30 bits per heavy atom. The highest BCUT2D eigenvalue weighted by Crippen LogP contribution is 2.17. The van der Waals surface area contributed by atoms with Crippen molar-refractivity contribution in [3.8, 4) is 0 Å². The third-order valence-corrected chi connectivity index (χ3v) is 2.77. The van der Waals surface area contributed by atoms with Crippen molar-refractivity contribution in [1.29, 1.82) is 0 Å². The summed E-state index contributed by atoms with van der Waals surface area (Å²) in [4.78, 5) is 24.8. The molecule has 0 aromatic carbocycles. The van der Waals surface area contributed by atoms with Crippen molar-refractivity contribution < 1.29 is 23.8 Å². The van der Waals surface area contributed by atoms with Gasteiger partial charge in [-0.1, -0.05) is 0 Å². The van der Waals surface area contributed by atoms with Gasteiger partial charge in [0.25, 0.3) is 0 Å². The van der Waals surface area contributed by atoms with E-state index in [0.29, 0.717) is 19.7 Å². The Hall–Kier alpha value is -1.30. The number of ether oxygens (including phenoxy) is 3. The molecule has 116 valence electrons. The summed E-state index contributed by atoms with van der Waals surface area (Å²) in [6.07, 6.45) is 1.20. The molecule has 6 nitrogen and oxygen atoms in total. The van der Waals surface area contributed by atoms with Crippen LogP contribution in [0.4, 0.5) is 4.79 Å². The monoisotopic (exact) mass is 287 g/mol. The summed E-state index contributed by atoms with van der Waals surface area (Å²) < 4.78 is 15.6. The third-order valence-electron chi connectivity index (χ3n) is 2.77. The topological polar surface area (TPSA) is 65.1 Å². The number of amides is 1. The van der Waals surface area contributed by atoms with E-state index in [1.165, 1.54) is 0 Å². The van der Waals surface area contributed by atoms with Gasteiger partial charge in [-0.3, -0.25) is 0 Å². The van der Waals surface area contributed by atoms with Crippen LogP contribution in [0, 0.1) is 0 Å². The van der Waals surface area contributed by atoms with Crippen molar-refractivity contribution in [2.24, 2.45) is 0 Å². The molecule has 0 aliphatic carbocycles. The fourth-order valence-electron chi connectivity index (χ4n) is 1.96. The molecule has 0 N–H and O–H groups in total. The SMILES string of the molecule is CCOC(=O)CO[C@@H]1CCCN(C(=O)OC(C)(C)C)C1. The Morgan fingerprint density at radius 3 is 2.60 bits per heavy atom. The zero-order chi connectivity index (χ0) is 15.2. The molecular weight excluding hydrogens is 262 g/mol. The van der Waals surface area contributed by atoms with E-state index < -0.39 is 5.60 Å². The van der Waals surface area contributed by atoms with Crippen LogP contribution in [0.5, 0.6) is 0 Å². The number of carbonyl (C=O) groups excluding carboxylic acids is 2. The molecule has 6 heteroatoms. The zero-order valence-corrected chi connectivity index (χ0v) is 12.8. The van der Waals surface area contributed by atoms with Crippen LogP contribution in [-0.2, 0) is 19.0 Å². The molecule has 0 spiro atoms. The molecule has 1 heterocycles. The van der Waals surface area contributed by atoms with Gasteiger partial charge in [0.1, 0.15) is 12.2 Å². The highest BCUT2D eigenvalue weighted by atomic mass is 16.6. The Labute approximate surface area is 120 Å². The van der Waals surface area contributed by atoms with Crippen molar-refractivity contribution in [1.82, 2.24) is 4.90 Å².